The van der Waals surface area contributed by atoms with Crippen LogP contribution in [0.3, 0.4) is 0 Å². The Kier molecular flexibility index (Phi) is 2.21. The van der Waals surface area contributed by atoms with Crippen LogP contribution in [-0.2, 0) is 7.05 Å². The van der Waals surface area contributed by atoms with E-state index >= 15 is 0 Å². The normalized spacial score (nSPS) is 28.5. The summed E-state index contributed by atoms with van der Waals surface area (Å²) < 4.78 is 1.81. The number of imidazole rings is 1. The zero-order valence-electron chi connectivity index (χ0n) is 9.82. The summed E-state index contributed by atoms with van der Waals surface area (Å²) >= 11 is 0. The molecule has 0 unspecified atom stereocenters. The standard InChI is InChI=1S/C12H18N2O/c1-8-9(7-12(8,2)3)10(15)11-13-5-6-14(11)4/h5-6,8-9H,7H2,1-4H3/t8-,9+/m0/s1. The average molecular weight is 206 g/mol. The van der Waals surface area contributed by atoms with Crippen LogP contribution in [0.25, 0.3) is 0 Å². The van der Waals surface area contributed by atoms with Crippen molar-refractivity contribution in [1.82, 2.24) is 9.55 Å². The van der Waals surface area contributed by atoms with E-state index in [9.17, 15) is 4.79 Å². The van der Waals surface area contributed by atoms with Gasteiger partial charge >= 0.3 is 0 Å². The van der Waals surface area contributed by atoms with Gasteiger partial charge in [0.2, 0.25) is 5.78 Å². The Labute approximate surface area is 90.5 Å². The molecule has 1 aromatic rings. The molecule has 82 valence electrons. The van der Waals surface area contributed by atoms with Gasteiger partial charge in [-0.05, 0) is 17.8 Å². The minimum atomic E-state index is 0.168. The van der Waals surface area contributed by atoms with Gasteiger partial charge in [0.05, 0.1) is 0 Å². The summed E-state index contributed by atoms with van der Waals surface area (Å²) in [5.41, 5.74) is 0.311. The van der Waals surface area contributed by atoms with E-state index in [4.69, 9.17) is 0 Å². The number of carbonyl (C=O) groups excluding carboxylic acids is 1. The van der Waals surface area contributed by atoms with Crippen LogP contribution in [0.5, 0.6) is 0 Å². The molecule has 0 radical (unpaired) electrons. The number of aryl methyl sites for hydroxylation is 1. The Morgan fingerprint density at radius 2 is 2.27 bits per heavy atom. The lowest BCUT2D eigenvalue weighted by molar-refractivity contribution is 0.00841. The molecular formula is C12H18N2O. The highest BCUT2D eigenvalue weighted by Crippen LogP contribution is 2.51. The fraction of sp³-hybridized carbons (Fsp3) is 0.667. The summed E-state index contributed by atoms with van der Waals surface area (Å²) in [6, 6.07) is 0. The van der Waals surface area contributed by atoms with Gasteiger partial charge in [0, 0.05) is 25.4 Å². The molecule has 0 aromatic carbocycles. The van der Waals surface area contributed by atoms with E-state index < -0.39 is 0 Å². The molecule has 0 amide bonds. The maximum Gasteiger partial charge on any atom is 0.201 e. The van der Waals surface area contributed by atoms with E-state index in [1.807, 2.05) is 13.2 Å². The lowest BCUT2D eigenvalue weighted by Gasteiger charge is -2.48. The third kappa shape index (κ3) is 1.50. The predicted molar refractivity (Wildman–Crippen MR) is 58.6 cm³/mol. The average Bonchev–Trinajstić information content (AvgIpc) is 2.59. The van der Waals surface area contributed by atoms with Crippen LogP contribution >= 0.6 is 0 Å². The van der Waals surface area contributed by atoms with Gasteiger partial charge in [-0.25, -0.2) is 4.98 Å². The number of hydrogen-bond acceptors (Lipinski definition) is 2. The Hall–Kier alpha value is -1.12. The molecule has 0 N–H and O–H groups in total. The van der Waals surface area contributed by atoms with E-state index in [-0.39, 0.29) is 11.7 Å². The zero-order valence-corrected chi connectivity index (χ0v) is 9.82. The first kappa shape index (κ1) is 10.4. The quantitative estimate of drug-likeness (QED) is 0.696. The number of Topliss-reactive ketones (excluding diaryl/α,β-unsaturated/α-hetero) is 1. The van der Waals surface area contributed by atoms with Crippen molar-refractivity contribution in [1.29, 1.82) is 0 Å². The Morgan fingerprint density at radius 3 is 2.67 bits per heavy atom. The fourth-order valence-corrected chi connectivity index (χ4v) is 2.40. The summed E-state index contributed by atoms with van der Waals surface area (Å²) in [6.45, 7) is 6.61. The lowest BCUT2D eigenvalue weighted by atomic mass is 9.55. The van der Waals surface area contributed by atoms with Crippen LogP contribution in [0.2, 0.25) is 0 Å². The van der Waals surface area contributed by atoms with Crippen LogP contribution in [0.15, 0.2) is 12.4 Å². The molecule has 1 aromatic heterocycles. The highest BCUT2D eigenvalue weighted by molar-refractivity contribution is 5.95. The van der Waals surface area contributed by atoms with E-state index in [0.717, 1.165) is 6.42 Å². The number of hydrogen-bond donors (Lipinski definition) is 0. The van der Waals surface area contributed by atoms with Gasteiger partial charge in [-0.3, -0.25) is 4.79 Å². The van der Waals surface area contributed by atoms with E-state index in [0.29, 0.717) is 17.2 Å². The number of rotatable bonds is 2. The molecule has 0 aliphatic heterocycles. The van der Waals surface area contributed by atoms with Gasteiger partial charge < -0.3 is 4.57 Å². The topological polar surface area (TPSA) is 34.9 Å². The number of ketones is 1. The van der Waals surface area contributed by atoms with Gasteiger partial charge in [0.15, 0.2) is 5.82 Å². The molecule has 3 heteroatoms. The van der Waals surface area contributed by atoms with Crippen LogP contribution in [0.1, 0.15) is 37.8 Å². The third-order valence-electron chi connectivity index (χ3n) is 3.96. The molecule has 3 nitrogen and oxygen atoms in total. The molecule has 15 heavy (non-hydrogen) atoms. The van der Waals surface area contributed by atoms with Crippen molar-refractivity contribution in [3.8, 4) is 0 Å². The summed E-state index contributed by atoms with van der Waals surface area (Å²) in [4.78, 5) is 16.2. The fourth-order valence-electron chi connectivity index (χ4n) is 2.40. The van der Waals surface area contributed by atoms with Crippen molar-refractivity contribution < 1.29 is 4.79 Å². The van der Waals surface area contributed by atoms with Crippen molar-refractivity contribution in [2.75, 3.05) is 0 Å². The molecule has 2 atom stereocenters. The van der Waals surface area contributed by atoms with Crippen LogP contribution in [0, 0.1) is 17.3 Å². The smallest absolute Gasteiger partial charge is 0.201 e. The lowest BCUT2D eigenvalue weighted by Crippen LogP contribution is -2.46. The summed E-state index contributed by atoms with van der Waals surface area (Å²) in [7, 11) is 1.87. The van der Waals surface area contributed by atoms with Crippen LogP contribution < -0.4 is 0 Å². The van der Waals surface area contributed by atoms with Gasteiger partial charge in [-0.1, -0.05) is 20.8 Å². The van der Waals surface area contributed by atoms with Gasteiger partial charge in [0.25, 0.3) is 0 Å². The second-order valence-corrected chi connectivity index (χ2v) is 5.31. The maximum atomic E-state index is 12.1. The first-order chi connectivity index (χ1) is 6.93. The first-order valence-corrected chi connectivity index (χ1v) is 5.45. The highest BCUT2D eigenvalue weighted by atomic mass is 16.1. The molecule has 1 aliphatic carbocycles. The van der Waals surface area contributed by atoms with Gasteiger partial charge in [-0.15, -0.1) is 0 Å². The first-order valence-electron chi connectivity index (χ1n) is 5.45. The maximum absolute atomic E-state index is 12.1. The molecule has 1 fully saturated rings. The molecule has 0 spiro atoms. The summed E-state index contributed by atoms with van der Waals surface area (Å²) in [5.74, 6) is 1.43. The van der Waals surface area contributed by atoms with E-state index in [1.54, 1.807) is 10.8 Å². The van der Waals surface area contributed by atoms with E-state index in [1.165, 1.54) is 0 Å². The molecule has 1 aliphatic rings. The number of nitrogens with zero attached hydrogens (tertiary/aromatic N) is 2. The number of carbonyl (C=O) groups is 1. The van der Waals surface area contributed by atoms with Crippen LogP contribution in [0.4, 0.5) is 0 Å². The largest absolute Gasteiger partial charge is 0.332 e. The zero-order chi connectivity index (χ0) is 11.2. The molecular weight excluding hydrogens is 188 g/mol. The number of aromatic nitrogens is 2. The van der Waals surface area contributed by atoms with Crippen molar-refractivity contribution >= 4 is 5.78 Å². The summed E-state index contributed by atoms with van der Waals surface area (Å²) in [6.07, 6.45) is 4.49. The molecule has 1 saturated carbocycles. The Morgan fingerprint density at radius 1 is 1.60 bits per heavy atom. The predicted octanol–water partition coefficient (Wildman–Crippen LogP) is 2.29. The summed E-state index contributed by atoms with van der Waals surface area (Å²) in [5, 5.41) is 0. The minimum Gasteiger partial charge on any atom is -0.332 e. The van der Waals surface area contributed by atoms with Gasteiger partial charge in [-0.2, -0.15) is 0 Å². The van der Waals surface area contributed by atoms with Crippen molar-refractivity contribution in [3.63, 3.8) is 0 Å². The van der Waals surface area contributed by atoms with Crippen molar-refractivity contribution in [2.24, 2.45) is 24.3 Å². The molecule has 0 bridgehead atoms. The minimum absolute atomic E-state index is 0.168. The second-order valence-electron chi connectivity index (χ2n) is 5.31. The second kappa shape index (κ2) is 3.19. The van der Waals surface area contributed by atoms with Crippen molar-refractivity contribution in [2.45, 2.75) is 27.2 Å². The Bertz CT molecular complexity index is 392. The molecule has 0 saturated heterocycles. The highest BCUT2D eigenvalue weighted by Gasteiger charge is 2.48. The SMILES string of the molecule is C[C@H]1[C@H](C(=O)c2nccn2C)CC1(C)C. The third-order valence-corrected chi connectivity index (χ3v) is 3.96. The van der Waals surface area contributed by atoms with Gasteiger partial charge in [0.1, 0.15) is 0 Å². The molecule has 2 rings (SSSR count). The molecule has 1 heterocycles. The van der Waals surface area contributed by atoms with Crippen LogP contribution in [-0.4, -0.2) is 15.3 Å². The van der Waals surface area contributed by atoms with E-state index in [2.05, 4.69) is 25.8 Å². The Balaban J connectivity index is 2.15. The van der Waals surface area contributed by atoms with Crippen molar-refractivity contribution in [3.05, 3.63) is 18.2 Å². The monoisotopic (exact) mass is 206 g/mol.